The molecule has 0 aliphatic carbocycles. The summed E-state index contributed by atoms with van der Waals surface area (Å²) in [6.07, 6.45) is 0.0613. The summed E-state index contributed by atoms with van der Waals surface area (Å²) in [6.45, 7) is 0.231. The lowest BCUT2D eigenvalue weighted by Crippen LogP contribution is -2.26. The highest BCUT2D eigenvalue weighted by Crippen LogP contribution is 2.32. The SMILES string of the molecule is O=C1CC(CS(=O)(=O)F)CN1c1cc(Br)ccc1I. The number of hydrogen-bond donors (Lipinski definition) is 0. The van der Waals surface area contributed by atoms with E-state index < -0.39 is 21.9 Å². The van der Waals surface area contributed by atoms with Crippen molar-refractivity contribution in [2.24, 2.45) is 5.92 Å². The van der Waals surface area contributed by atoms with Crippen molar-refractivity contribution in [3.05, 3.63) is 26.2 Å². The predicted octanol–water partition coefficient (Wildman–Crippen LogP) is 2.71. The molecule has 1 amide bonds. The van der Waals surface area contributed by atoms with Crippen LogP contribution < -0.4 is 4.90 Å². The Balaban J connectivity index is 2.23. The fourth-order valence-corrected chi connectivity index (χ4v) is 3.86. The zero-order valence-corrected chi connectivity index (χ0v) is 14.2. The van der Waals surface area contributed by atoms with E-state index in [1.165, 1.54) is 4.90 Å². The molecule has 1 unspecified atom stereocenters. The third-order valence-electron chi connectivity index (χ3n) is 2.84. The summed E-state index contributed by atoms with van der Waals surface area (Å²) < 4.78 is 35.7. The Morgan fingerprint density at radius 2 is 2.16 bits per heavy atom. The molecule has 0 saturated carbocycles. The van der Waals surface area contributed by atoms with Crippen LogP contribution in [0.4, 0.5) is 9.57 Å². The molecule has 0 N–H and O–H groups in total. The molecule has 8 heteroatoms. The van der Waals surface area contributed by atoms with Gasteiger partial charge >= 0.3 is 10.2 Å². The van der Waals surface area contributed by atoms with Crippen LogP contribution in [-0.2, 0) is 15.0 Å². The predicted molar refractivity (Wildman–Crippen MR) is 82.2 cm³/mol. The van der Waals surface area contributed by atoms with Gasteiger partial charge in [0.05, 0.1) is 11.4 Å². The number of carbonyl (C=O) groups excluding carboxylic acids is 1. The van der Waals surface area contributed by atoms with Gasteiger partial charge in [-0.15, -0.1) is 3.89 Å². The third-order valence-corrected chi connectivity index (χ3v) is 5.11. The van der Waals surface area contributed by atoms with E-state index in [2.05, 4.69) is 38.5 Å². The summed E-state index contributed by atoms with van der Waals surface area (Å²) in [6, 6.07) is 5.51. The highest BCUT2D eigenvalue weighted by atomic mass is 127. The summed E-state index contributed by atoms with van der Waals surface area (Å²) in [5.41, 5.74) is 0.721. The van der Waals surface area contributed by atoms with Crippen molar-refractivity contribution >= 4 is 60.3 Å². The molecule has 0 spiro atoms. The Labute approximate surface area is 132 Å². The number of hydrogen-bond acceptors (Lipinski definition) is 3. The van der Waals surface area contributed by atoms with Crippen LogP contribution in [0, 0.1) is 9.49 Å². The molecule has 2 rings (SSSR count). The van der Waals surface area contributed by atoms with Crippen molar-refractivity contribution < 1.29 is 17.1 Å². The van der Waals surface area contributed by atoms with Gasteiger partial charge in [0.2, 0.25) is 5.91 Å². The molecule has 1 heterocycles. The summed E-state index contributed by atoms with van der Waals surface area (Å²) in [4.78, 5) is 13.4. The van der Waals surface area contributed by atoms with Crippen LogP contribution in [0.15, 0.2) is 22.7 Å². The van der Waals surface area contributed by atoms with Gasteiger partial charge in [-0.05, 0) is 40.8 Å². The first-order valence-corrected chi connectivity index (χ1v) is 8.86. The fourth-order valence-electron chi connectivity index (χ4n) is 2.10. The van der Waals surface area contributed by atoms with E-state index in [0.717, 1.165) is 13.7 Å². The van der Waals surface area contributed by atoms with Crippen molar-refractivity contribution in [1.82, 2.24) is 0 Å². The van der Waals surface area contributed by atoms with Gasteiger partial charge in [-0.3, -0.25) is 4.79 Å². The van der Waals surface area contributed by atoms with Gasteiger partial charge in [0.1, 0.15) is 0 Å². The maximum Gasteiger partial charge on any atom is 0.302 e. The van der Waals surface area contributed by atoms with E-state index in [9.17, 15) is 17.1 Å². The number of benzene rings is 1. The highest BCUT2D eigenvalue weighted by molar-refractivity contribution is 14.1. The zero-order chi connectivity index (χ0) is 14.2. The lowest BCUT2D eigenvalue weighted by atomic mass is 10.1. The molecule has 19 heavy (non-hydrogen) atoms. The van der Waals surface area contributed by atoms with Crippen molar-refractivity contribution in [2.75, 3.05) is 17.2 Å². The van der Waals surface area contributed by atoms with E-state index in [1.54, 1.807) is 6.07 Å². The highest BCUT2D eigenvalue weighted by Gasteiger charge is 2.34. The molecule has 1 atom stereocenters. The first-order valence-electron chi connectivity index (χ1n) is 5.44. The maximum atomic E-state index is 12.7. The minimum Gasteiger partial charge on any atom is -0.311 e. The molecule has 4 nitrogen and oxygen atoms in total. The smallest absolute Gasteiger partial charge is 0.302 e. The van der Waals surface area contributed by atoms with Crippen LogP contribution >= 0.6 is 38.5 Å². The largest absolute Gasteiger partial charge is 0.311 e. The first-order chi connectivity index (χ1) is 8.76. The Kier molecular flexibility index (Phi) is 4.51. The van der Waals surface area contributed by atoms with Gasteiger partial charge in [-0.25, -0.2) is 0 Å². The standard InChI is InChI=1S/C11H10BrFINO3S/c12-8-1-2-9(14)10(4-8)15-5-7(3-11(15)16)6-19(13,17)18/h1-2,4,7H,3,5-6H2. The lowest BCUT2D eigenvalue weighted by molar-refractivity contribution is -0.117. The molecule has 1 aliphatic rings. The van der Waals surface area contributed by atoms with E-state index in [4.69, 9.17) is 0 Å². The molecule has 1 aromatic carbocycles. The van der Waals surface area contributed by atoms with Gasteiger partial charge in [-0.2, -0.15) is 8.42 Å². The van der Waals surface area contributed by atoms with Gasteiger partial charge < -0.3 is 4.90 Å². The summed E-state index contributed by atoms with van der Waals surface area (Å²) in [5.74, 6) is -1.26. The first kappa shape index (κ1) is 15.2. The van der Waals surface area contributed by atoms with Gasteiger partial charge in [0.25, 0.3) is 0 Å². The lowest BCUT2D eigenvalue weighted by Gasteiger charge is -2.18. The number of amides is 1. The van der Waals surface area contributed by atoms with E-state index in [0.29, 0.717) is 0 Å². The van der Waals surface area contributed by atoms with Crippen LogP contribution in [0.3, 0.4) is 0 Å². The molecule has 0 bridgehead atoms. The molecular weight excluding hydrogens is 452 g/mol. The number of carbonyl (C=O) groups is 1. The number of rotatable bonds is 3. The van der Waals surface area contributed by atoms with Crippen LogP contribution in [0.2, 0.25) is 0 Å². The topological polar surface area (TPSA) is 54.5 Å². The molecule has 104 valence electrons. The monoisotopic (exact) mass is 461 g/mol. The van der Waals surface area contributed by atoms with Gasteiger partial charge in [0, 0.05) is 26.9 Å². The zero-order valence-electron chi connectivity index (χ0n) is 9.64. The minimum absolute atomic E-state index is 0.0613. The number of halogens is 3. The van der Waals surface area contributed by atoms with Gasteiger partial charge in [-0.1, -0.05) is 15.9 Å². The van der Waals surface area contributed by atoms with Crippen molar-refractivity contribution in [2.45, 2.75) is 6.42 Å². The Bertz CT molecular complexity index is 622. The second-order valence-corrected chi connectivity index (χ2v) is 7.86. The fraction of sp³-hybridized carbons (Fsp3) is 0.364. The molecular formula is C11H10BrFINO3S. The summed E-state index contributed by atoms with van der Waals surface area (Å²) in [7, 11) is -4.54. The van der Waals surface area contributed by atoms with E-state index in [1.807, 2.05) is 12.1 Å². The minimum atomic E-state index is -4.54. The molecule has 1 aromatic rings. The van der Waals surface area contributed by atoms with Crippen LogP contribution in [0.1, 0.15) is 6.42 Å². The second kappa shape index (κ2) is 5.65. The molecule has 0 aromatic heterocycles. The van der Waals surface area contributed by atoms with Crippen molar-refractivity contribution in [3.8, 4) is 0 Å². The van der Waals surface area contributed by atoms with Crippen LogP contribution in [0.5, 0.6) is 0 Å². The second-order valence-electron chi connectivity index (χ2n) is 4.38. The van der Waals surface area contributed by atoms with Crippen LogP contribution in [-0.4, -0.2) is 26.6 Å². The Morgan fingerprint density at radius 3 is 2.79 bits per heavy atom. The normalized spacial score (nSPS) is 20.1. The maximum absolute atomic E-state index is 12.7. The van der Waals surface area contributed by atoms with Gasteiger partial charge in [0.15, 0.2) is 0 Å². The van der Waals surface area contributed by atoms with E-state index >= 15 is 0 Å². The Morgan fingerprint density at radius 1 is 1.47 bits per heavy atom. The quantitative estimate of drug-likeness (QED) is 0.513. The molecule has 1 fully saturated rings. The van der Waals surface area contributed by atoms with Crippen LogP contribution in [0.25, 0.3) is 0 Å². The number of nitrogens with zero attached hydrogens (tertiary/aromatic N) is 1. The third kappa shape index (κ3) is 3.88. The average molecular weight is 462 g/mol. The van der Waals surface area contributed by atoms with E-state index in [-0.39, 0.29) is 18.9 Å². The molecule has 0 radical (unpaired) electrons. The molecule has 1 saturated heterocycles. The molecule has 1 aliphatic heterocycles. The average Bonchev–Trinajstić information content (AvgIpc) is 2.60. The number of anilines is 1. The van der Waals surface area contributed by atoms with Crippen molar-refractivity contribution in [3.63, 3.8) is 0 Å². The summed E-state index contributed by atoms with van der Waals surface area (Å²) in [5, 5.41) is 0. The Hall–Kier alpha value is -0.220. The van der Waals surface area contributed by atoms with Crippen molar-refractivity contribution in [1.29, 1.82) is 0 Å². The summed E-state index contributed by atoms with van der Waals surface area (Å²) >= 11 is 5.44.